The van der Waals surface area contributed by atoms with Crippen molar-refractivity contribution in [1.82, 2.24) is 0 Å². The summed E-state index contributed by atoms with van der Waals surface area (Å²) in [5.41, 5.74) is 5.54. The van der Waals surface area contributed by atoms with Gasteiger partial charge in [-0.25, -0.2) is 0 Å². The molecule has 0 saturated heterocycles. The quantitative estimate of drug-likeness (QED) is 0.556. The lowest BCUT2D eigenvalue weighted by Gasteiger charge is -2.29. The number of hydrogen-bond acceptors (Lipinski definition) is 3. The molecular weight excluding hydrogens is 170 g/mol. The highest BCUT2D eigenvalue weighted by Crippen LogP contribution is 2.49. The number of carboxylic acids is 1. The zero-order chi connectivity index (χ0) is 9.59. The van der Waals surface area contributed by atoms with Gasteiger partial charge in [-0.15, -0.1) is 0 Å². The van der Waals surface area contributed by atoms with Crippen LogP contribution in [0.15, 0.2) is 0 Å². The molecule has 2 rings (SSSR count). The third-order valence-electron chi connectivity index (χ3n) is 3.64. The van der Waals surface area contributed by atoms with Crippen molar-refractivity contribution in [2.45, 2.75) is 31.4 Å². The van der Waals surface area contributed by atoms with Crippen LogP contribution in [0.3, 0.4) is 0 Å². The van der Waals surface area contributed by atoms with Crippen LogP contribution in [0.4, 0.5) is 0 Å². The Kier molecular flexibility index (Phi) is 2.04. The maximum Gasteiger partial charge on any atom is 0.320 e. The molecule has 0 aromatic heterocycles. The Bertz CT molecular complexity index is 229. The molecule has 4 nitrogen and oxygen atoms in total. The maximum atomic E-state index is 10.7. The summed E-state index contributed by atoms with van der Waals surface area (Å²) in [5, 5.41) is 18.5. The molecule has 0 unspecified atom stereocenters. The molecule has 0 amide bonds. The van der Waals surface area contributed by atoms with Gasteiger partial charge in [0.1, 0.15) is 6.04 Å². The lowest BCUT2D eigenvalue weighted by Crippen LogP contribution is -2.46. The summed E-state index contributed by atoms with van der Waals surface area (Å²) in [4.78, 5) is 10.7. The minimum absolute atomic E-state index is 0.212. The van der Waals surface area contributed by atoms with Gasteiger partial charge in [-0.2, -0.15) is 0 Å². The van der Waals surface area contributed by atoms with Crippen LogP contribution in [0.1, 0.15) is 19.3 Å². The summed E-state index contributed by atoms with van der Waals surface area (Å²) in [6.07, 6.45) is 2.55. The summed E-state index contributed by atoms with van der Waals surface area (Å²) in [5.74, 6) is -0.556. The zero-order valence-corrected chi connectivity index (χ0v) is 7.39. The molecule has 4 heteroatoms. The number of aliphatic hydroxyl groups excluding tert-OH is 1. The van der Waals surface area contributed by atoms with E-state index in [4.69, 9.17) is 10.8 Å². The van der Waals surface area contributed by atoms with E-state index in [-0.39, 0.29) is 5.92 Å². The van der Waals surface area contributed by atoms with E-state index in [1.165, 1.54) is 0 Å². The van der Waals surface area contributed by atoms with Gasteiger partial charge < -0.3 is 15.9 Å². The lowest BCUT2D eigenvalue weighted by atomic mass is 9.81. The fourth-order valence-electron chi connectivity index (χ4n) is 2.98. The number of nitrogens with two attached hydrogens (primary N) is 1. The van der Waals surface area contributed by atoms with Crippen molar-refractivity contribution < 1.29 is 15.0 Å². The fraction of sp³-hybridized carbons (Fsp3) is 0.889. The number of carbonyl (C=O) groups is 1. The minimum Gasteiger partial charge on any atom is -0.480 e. The predicted octanol–water partition coefficient (Wildman–Crippen LogP) is -0.195. The van der Waals surface area contributed by atoms with Crippen molar-refractivity contribution in [1.29, 1.82) is 0 Å². The zero-order valence-electron chi connectivity index (χ0n) is 7.39. The maximum absolute atomic E-state index is 10.7. The van der Waals surface area contributed by atoms with Gasteiger partial charge in [0.25, 0.3) is 0 Å². The largest absolute Gasteiger partial charge is 0.480 e. The highest BCUT2D eigenvalue weighted by molar-refractivity contribution is 5.73. The molecule has 0 radical (unpaired) electrons. The summed E-state index contributed by atoms with van der Waals surface area (Å²) in [6.45, 7) is 0. The summed E-state index contributed by atoms with van der Waals surface area (Å²) >= 11 is 0. The first kappa shape index (κ1) is 8.97. The van der Waals surface area contributed by atoms with Crippen molar-refractivity contribution in [2.24, 2.45) is 23.5 Å². The Hall–Kier alpha value is -0.610. The van der Waals surface area contributed by atoms with Gasteiger partial charge in [-0.05, 0) is 31.1 Å². The second-order valence-corrected chi connectivity index (χ2v) is 4.27. The average Bonchev–Trinajstić information content (AvgIpc) is 2.62. The van der Waals surface area contributed by atoms with E-state index >= 15 is 0 Å². The molecule has 0 spiro atoms. The van der Waals surface area contributed by atoms with Gasteiger partial charge >= 0.3 is 5.97 Å². The highest BCUT2D eigenvalue weighted by atomic mass is 16.4. The molecule has 2 aliphatic rings. The SMILES string of the molecule is N[C@H](C(=O)O)[C@H]1[C@H]2CC[C@H](C2)[C@H]1O. The third-order valence-corrected chi connectivity index (χ3v) is 3.64. The molecule has 0 aromatic rings. The molecule has 2 bridgehead atoms. The van der Waals surface area contributed by atoms with E-state index in [2.05, 4.69) is 0 Å². The molecule has 0 aromatic carbocycles. The predicted molar refractivity (Wildman–Crippen MR) is 45.9 cm³/mol. The van der Waals surface area contributed by atoms with Gasteiger partial charge in [-0.3, -0.25) is 4.79 Å². The van der Waals surface area contributed by atoms with Crippen LogP contribution in [-0.2, 0) is 4.79 Å². The molecule has 13 heavy (non-hydrogen) atoms. The van der Waals surface area contributed by atoms with Crippen LogP contribution in [-0.4, -0.2) is 28.3 Å². The normalized spacial score (nSPS) is 45.1. The van der Waals surface area contributed by atoms with Crippen molar-refractivity contribution >= 4 is 5.97 Å². The lowest BCUT2D eigenvalue weighted by molar-refractivity contribution is -0.142. The number of fused-ring (bicyclic) bond motifs is 2. The second-order valence-electron chi connectivity index (χ2n) is 4.27. The first-order chi connectivity index (χ1) is 6.11. The third kappa shape index (κ3) is 1.25. The molecule has 74 valence electrons. The topological polar surface area (TPSA) is 83.6 Å². The van der Waals surface area contributed by atoms with E-state index < -0.39 is 18.1 Å². The van der Waals surface area contributed by atoms with Crippen LogP contribution >= 0.6 is 0 Å². The summed E-state index contributed by atoms with van der Waals surface area (Å²) < 4.78 is 0. The average molecular weight is 185 g/mol. The van der Waals surface area contributed by atoms with Gasteiger partial charge in [0.2, 0.25) is 0 Å². The monoisotopic (exact) mass is 185 g/mol. The number of rotatable bonds is 2. The van der Waals surface area contributed by atoms with Gasteiger partial charge in [0.05, 0.1) is 6.10 Å². The standard InChI is InChI=1S/C9H15NO3/c10-7(9(12)13)6-4-1-2-5(3-4)8(6)11/h4-8,11H,1-3,10H2,(H,12,13)/t4-,5+,6+,7-,8+/m0/s1. The first-order valence-electron chi connectivity index (χ1n) is 4.77. The van der Waals surface area contributed by atoms with Crippen LogP contribution in [0.25, 0.3) is 0 Å². The highest BCUT2D eigenvalue weighted by Gasteiger charge is 2.50. The minimum atomic E-state index is -0.989. The number of hydrogen-bond donors (Lipinski definition) is 3. The molecule has 4 N–H and O–H groups in total. The van der Waals surface area contributed by atoms with E-state index in [1.54, 1.807) is 0 Å². The number of aliphatic hydroxyl groups is 1. The summed E-state index contributed by atoms with van der Waals surface area (Å²) in [6, 6.07) is -0.884. The molecule has 2 aliphatic carbocycles. The Morgan fingerprint density at radius 1 is 1.38 bits per heavy atom. The van der Waals surface area contributed by atoms with E-state index in [0.29, 0.717) is 11.8 Å². The summed E-state index contributed by atoms with van der Waals surface area (Å²) in [7, 11) is 0. The van der Waals surface area contributed by atoms with Crippen LogP contribution in [0.5, 0.6) is 0 Å². The van der Waals surface area contributed by atoms with Gasteiger partial charge in [0, 0.05) is 5.92 Å². The Morgan fingerprint density at radius 3 is 2.46 bits per heavy atom. The van der Waals surface area contributed by atoms with E-state index in [9.17, 15) is 9.90 Å². The molecule has 2 saturated carbocycles. The molecule has 0 aliphatic heterocycles. The molecule has 5 atom stereocenters. The Balaban J connectivity index is 2.11. The van der Waals surface area contributed by atoms with Crippen molar-refractivity contribution in [3.05, 3.63) is 0 Å². The fourth-order valence-corrected chi connectivity index (χ4v) is 2.98. The number of carboxylic acid groups (broad SMARTS) is 1. The van der Waals surface area contributed by atoms with E-state index in [0.717, 1.165) is 19.3 Å². The van der Waals surface area contributed by atoms with Crippen molar-refractivity contribution in [3.8, 4) is 0 Å². The van der Waals surface area contributed by atoms with E-state index in [1.807, 2.05) is 0 Å². The van der Waals surface area contributed by atoms with Crippen LogP contribution < -0.4 is 5.73 Å². The Labute approximate surface area is 76.7 Å². The number of aliphatic carboxylic acids is 1. The van der Waals surface area contributed by atoms with Crippen LogP contribution in [0, 0.1) is 17.8 Å². The Morgan fingerprint density at radius 2 is 2.00 bits per heavy atom. The van der Waals surface area contributed by atoms with Crippen molar-refractivity contribution in [2.75, 3.05) is 0 Å². The molecular formula is C9H15NO3. The molecule has 2 fully saturated rings. The smallest absolute Gasteiger partial charge is 0.320 e. The van der Waals surface area contributed by atoms with Gasteiger partial charge in [-0.1, -0.05) is 0 Å². The van der Waals surface area contributed by atoms with Crippen LogP contribution in [0.2, 0.25) is 0 Å². The second kappa shape index (κ2) is 2.96. The first-order valence-corrected chi connectivity index (χ1v) is 4.77. The molecule has 0 heterocycles. The van der Waals surface area contributed by atoms with Gasteiger partial charge in [0.15, 0.2) is 0 Å². The van der Waals surface area contributed by atoms with Crippen molar-refractivity contribution in [3.63, 3.8) is 0 Å².